The van der Waals surface area contributed by atoms with Crippen molar-refractivity contribution >= 4 is 33.4 Å². The average molecular weight is 239 g/mol. The van der Waals surface area contributed by atoms with Crippen LogP contribution in [0.2, 0.25) is 0 Å². The van der Waals surface area contributed by atoms with Gasteiger partial charge in [-0.1, -0.05) is 18.2 Å². The molecule has 0 heterocycles. The first-order valence-corrected chi connectivity index (χ1v) is 6.22. The van der Waals surface area contributed by atoms with Crippen molar-refractivity contribution < 1.29 is 8.42 Å². The lowest BCUT2D eigenvalue weighted by atomic mass is 10.1. The largest absolute Gasteiger partial charge is 0.238 e. The summed E-state index contributed by atoms with van der Waals surface area (Å²) in [7, 11) is -3.68. The highest BCUT2D eigenvalue weighted by atomic mass is 32.2. The van der Waals surface area contributed by atoms with Gasteiger partial charge in [0.2, 0.25) is 10.0 Å². The van der Waals surface area contributed by atoms with Crippen LogP contribution < -0.4 is 5.14 Å². The Balaban J connectivity index is 2.92. The van der Waals surface area contributed by atoms with Crippen molar-refractivity contribution in [2.45, 2.75) is 9.79 Å². The first kappa shape index (κ1) is 10.5. The summed E-state index contributed by atoms with van der Waals surface area (Å²) < 4.78 is 22.6. The van der Waals surface area contributed by atoms with E-state index in [-0.39, 0.29) is 4.90 Å². The fraction of sp³-hybridized carbons (Fsp3) is 0. The van der Waals surface area contributed by atoms with Crippen molar-refractivity contribution in [3.8, 4) is 0 Å². The quantitative estimate of drug-likeness (QED) is 0.745. The maximum atomic E-state index is 11.3. The number of primary sulfonamides is 1. The normalized spacial score (nSPS) is 11.9. The van der Waals surface area contributed by atoms with E-state index in [1.165, 1.54) is 6.07 Å². The lowest BCUT2D eigenvalue weighted by molar-refractivity contribution is 0.598. The van der Waals surface area contributed by atoms with E-state index in [0.717, 1.165) is 5.39 Å². The Morgan fingerprint density at radius 2 is 1.87 bits per heavy atom. The smallest absolute Gasteiger partial charge is 0.225 e. The monoisotopic (exact) mass is 239 g/mol. The summed E-state index contributed by atoms with van der Waals surface area (Å²) in [4.78, 5) is 0.842. The van der Waals surface area contributed by atoms with Gasteiger partial charge in [0.25, 0.3) is 0 Å². The van der Waals surface area contributed by atoms with Gasteiger partial charge in [0.05, 0.1) is 4.90 Å². The Labute approximate surface area is 93.4 Å². The van der Waals surface area contributed by atoms with Crippen molar-refractivity contribution in [1.29, 1.82) is 0 Å². The number of hydrogen-bond acceptors (Lipinski definition) is 3. The van der Waals surface area contributed by atoms with Crippen LogP contribution in [0.25, 0.3) is 10.8 Å². The van der Waals surface area contributed by atoms with Crippen LogP contribution in [-0.4, -0.2) is 8.42 Å². The molecule has 0 amide bonds. The molecule has 0 bridgehead atoms. The molecule has 0 aliphatic rings. The lowest BCUT2D eigenvalue weighted by Crippen LogP contribution is -2.12. The highest BCUT2D eigenvalue weighted by molar-refractivity contribution is 7.89. The minimum Gasteiger partial charge on any atom is -0.225 e. The molecule has 0 saturated carbocycles. The Morgan fingerprint density at radius 1 is 1.13 bits per heavy atom. The van der Waals surface area contributed by atoms with Gasteiger partial charge in [-0.15, -0.1) is 12.6 Å². The number of benzene rings is 2. The fourth-order valence-corrected chi connectivity index (χ4v) is 2.44. The Morgan fingerprint density at radius 3 is 2.53 bits per heavy atom. The number of sulfonamides is 1. The maximum absolute atomic E-state index is 11.3. The summed E-state index contributed by atoms with van der Waals surface area (Å²) in [6.07, 6.45) is 0. The summed E-state index contributed by atoms with van der Waals surface area (Å²) in [6.45, 7) is 0. The third-order valence-electron chi connectivity index (χ3n) is 2.13. The number of thiol groups is 1. The summed E-state index contributed by atoms with van der Waals surface area (Å²) in [6, 6.07) is 10.3. The van der Waals surface area contributed by atoms with E-state index in [1.807, 2.05) is 12.1 Å². The predicted molar refractivity (Wildman–Crippen MR) is 62.6 cm³/mol. The van der Waals surface area contributed by atoms with Gasteiger partial charge < -0.3 is 0 Å². The van der Waals surface area contributed by atoms with Crippen LogP contribution in [0.3, 0.4) is 0 Å². The molecular weight excluding hydrogens is 230 g/mol. The van der Waals surface area contributed by atoms with E-state index in [9.17, 15) is 8.42 Å². The van der Waals surface area contributed by atoms with E-state index < -0.39 is 10.0 Å². The molecule has 3 nitrogen and oxygen atoms in total. The summed E-state index contributed by atoms with van der Waals surface area (Å²) in [5, 5.41) is 6.56. The molecule has 0 radical (unpaired) electrons. The van der Waals surface area contributed by atoms with Gasteiger partial charge in [-0.3, -0.25) is 0 Å². The Kier molecular flexibility index (Phi) is 2.46. The zero-order valence-electron chi connectivity index (χ0n) is 7.71. The van der Waals surface area contributed by atoms with E-state index in [4.69, 9.17) is 5.14 Å². The zero-order chi connectivity index (χ0) is 11.1. The van der Waals surface area contributed by atoms with Gasteiger partial charge in [0.15, 0.2) is 0 Å². The van der Waals surface area contributed by atoms with Crippen LogP contribution in [0.4, 0.5) is 0 Å². The van der Waals surface area contributed by atoms with Crippen LogP contribution in [0, 0.1) is 0 Å². The van der Waals surface area contributed by atoms with Crippen molar-refractivity contribution in [2.24, 2.45) is 5.14 Å². The molecule has 2 aromatic rings. The van der Waals surface area contributed by atoms with Crippen LogP contribution in [0.15, 0.2) is 46.2 Å². The molecule has 15 heavy (non-hydrogen) atoms. The summed E-state index contributed by atoms with van der Waals surface area (Å²) in [5.74, 6) is 0. The highest BCUT2D eigenvalue weighted by Gasteiger charge is 2.11. The molecule has 2 rings (SSSR count). The predicted octanol–water partition coefficient (Wildman–Crippen LogP) is 1.78. The topological polar surface area (TPSA) is 60.2 Å². The molecule has 0 unspecified atom stereocenters. The second-order valence-corrected chi connectivity index (χ2v) is 5.25. The molecule has 0 aliphatic heterocycles. The molecule has 0 spiro atoms. The molecule has 2 aromatic carbocycles. The molecule has 0 fully saturated rings. The van der Waals surface area contributed by atoms with Crippen molar-refractivity contribution in [3.05, 3.63) is 36.4 Å². The van der Waals surface area contributed by atoms with Gasteiger partial charge in [-0.2, -0.15) is 0 Å². The summed E-state index contributed by atoms with van der Waals surface area (Å²) >= 11 is 4.17. The van der Waals surface area contributed by atoms with Crippen LogP contribution in [-0.2, 0) is 10.0 Å². The second-order valence-electron chi connectivity index (χ2n) is 3.21. The van der Waals surface area contributed by atoms with Crippen molar-refractivity contribution in [2.75, 3.05) is 0 Å². The number of fused-ring (bicyclic) bond motifs is 1. The molecule has 0 aliphatic carbocycles. The summed E-state index contributed by atoms with van der Waals surface area (Å²) in [5.41, 5.74) is 0. The third kappa shape index (κ3) is 1.99. The third-order valence-corrected chi connectivity index (χ3v) is 3.38. The van der Waals surface area contributed by atoms with E-state index >= 15 is 0 Å². The minimum atomic E-state index is -3.68. The average Bonchev–Trinajstić information content (AvgIpc) is 2.15. The van der Waals surface area contributed by atoms with Crippen LogP contribution >= 0.6 is 12.6 Å². The maximum Gasteiger partial charge on any atom is 0.238 e. The molecule has 78 valence electrons. The SMILES string of the molecule is NS(=O)(=O)c1cccc2ccc(S)cc12. The highest BCUT2D eigenvalue weighted by Crippen LogP contribution is 2.24. The molecular formula is C10H9NO2S2. The van der Waals surface area contributed by atoms with Gasteiger partial charge in [0, 0.05) is 10.3 Å². The standard InChI is InChI=1S/C10H9NO2S2/c11-15(12,13)10-3-1-2-7-4-5-8(14)6-9(7)10/h1-6,14H,(H2,11,12,13). The first-order valence-electron chi connectivity index (χ1n) is 4.23. The van der Waals surface area contributed by atoms with E-state index in [0.29, 0.717) is 10.3 Å². The van der Waals surface area contributed by atoms with Gasteiger partial charge in [-0.05, 0) is 23.6 Å². The van der Waals surface area contributed by atoms with Crippen LogP contribution in [0.1, 0.15) is 0 Å². The van der Waals surface area contributed by atoms with Crippen LogP contribution in [0.5, 0.6) is 0 Å². The number of hydrogen-bond donors (Lipinski definition) is 2. The Bertz CT molecular complexity index is 620. The van der Waals surface area contributed by atoms with Crippen molar-refractivity contribution in [3.63, 3.8) is 0 Å². The fourth-order valence-electron chi connectivity index (χ4n) is 1.48. The Hall–Kier alpha value is -1.04. The number of rotatable bonds is 1. The number of nitrogens with two attached hydrogens (primary N) is 1. The lowest BCUT2D eigenvalue weighted by Gasteiger charge is -2.04. The van der Waals surface area contributed by atoms with E-state index in [1.54, 1.807) is 18.2 Å². The zero-order valence-corrected chi connectivity index (χ0v) is 9.42. The molecule has 0 saturated heterocycles. The van der Waals surface area contributed by atoms with Crippen molar-refractivity contribution in [1.82, 2.24) is 0 Å². The molecule has 0 atom stereocenters. The van der Waals surface area contributed by atoms with Gasteiger partial charge in [-0.25, -0.2) is 13.6 Å². The second kappa shape index (κ2) is 3.52. The van der Waals surface area contributed by atoms with E-state index in [2.05, 4.69) is 12.6 Å². The minimum absolute atomic E-state index is 0.135. The van der Waals surface area contributed by atoms with Gasteiger partial charge in [0.1, 0.15) is 0 Å². The van der Waals surface area contributed by atoms with Gasteiger partial charge >= 0.3 is 0 Å². The molecule has 5 heteroatoms. The molecule has 2 N–H and O–H groups in total. The first-order chi connectivity index (χ1) is 6.98. The molecule has 0 aromatic heterocycles.